The fraction of sp³-hybridized carbons (Fsp3) is 0.632. The second-order valence-electron chi connectivity index (χ2n) is 7.23. The van der Waals surface area contributed by atoms with Crippen LogP contribution in [0.4, 0.5) is 4.39 Å². The fourth-order valence-electron chi connectivity index (χ4n) is 4.47. The summed E-state index contributed by atoms with van der Waals surface area (Å²) in [5, 5.41) is 0. The van der Waals surface area contributed by atoms with Crippen molar-refractivity contribution < 1.29 is 13.9 Å². The molecule has 1 unspecified atom stereocenters. The van der Waals surface area contributed by atoms with E-state index in [1.165, 1.54) is 37.8 Å². The van der Waals surface area contributed by atoms with Crippen molar-refractivity contribution in [2.75, 3.05) is 13.1 Å². The third-order valence-corrected chi connectivity index (χ3v) is 5.81. The maximum absolute atomic E-state index is 12.9. The van der Waals surface area contributed by atoms with Crippen LogP contribution < -0.4 is 4.74 Å². The molecule has 2 aliphatic carbocycles. The zero-order valence-corrected chi connectivity index (χ0v) is 13.4. The van der Waals surface area contributed by atoms with Gasteiger partial charge >= 0.3 is 0 Å². The Hall–Kier alpha value is -1.58. The van der Waals surface area contributed by atoms with Crippen molar-refractivity contribution in [3.63, 3.8) is 0 Å². The third-order valence-electron chi connectivity index (χ3n) is 5.81. The minimum atomic E-state index is -0.247. The van der Waals surface area contributed by atoms with Crippen LogP contribution in [0.3, 0.4) is 0 Å². The predicted octanol–water partition coefficient (Wildman–Crippen LogP) is 3.63. The van der Waals surface area contributed by atoms with Crippen LogP contribution in [0.2, 0.25) is 0 Å². The van der Waals surface area contributed by atoms with E-state index in [0.717, 1.165) is 25.9 Å². The second-order valence-corrected chi connectivity index (χ2v) is 7.23. The lowest BCUT2D eigenvalue weighted by Crippen LogP contribution is -2.42. The van der Waals surface area contributed by atoms with Gasteiger partial charge in [0.15, 0.2) is 0 Å². The van der Waals surface area contributed by atoms with Gasteiger partial charge in [0.05, 0.1) is 0 Å². The van der Waals surface area contributed by atoms with E-state index in [0.29, 0.717) is 29.4 Å². The summed E-state index contributed by atoms with van der Waals surface area (Å²) in [6.07, 6.45) is 6.98. The average Bonchev–Trinajstić information content (AvgIpc) is 3.31. The molecule has 124 valence electrons. The summed E-state index contributed by atoms with van der Waals surface area (Å²) in [6, 6.07) is 6.18. The summed E-state index contributed by atoms with van der Waals surface area (Å²) in [6.45, 7) is 1.58. The monoisotopic (exact) mass is 317 g/mol. The van der Waals surface area contributed by atoms with Gasteiger partial charge in [-0.15, -0.1) is 0 Å². The molecular formula is C19H24FNO2. The molecule has 23 heavy (non-hydrogen) atoms. The number of carbonyl (C=O) groups is 1. The minimum Gasteiger partial charge on any atom is -0.490 e. The van der Waals surface area contributed by atoms with Gasteiger partial charge in [0.1, 0.15) is 17.7 Å². The average molecular weight is 317 g/mol. The number of amides is 1. The van der Waals surface area contributed by atoms with Gasteiger partial charge in [0.25, 0.3) is 0 Å². The highest BCUT2D eigenvalue weighted by Gasteiger charge is 2.55. The van der Waals surface area contributed by atoms with E-state index in [1.807, 2.05) is 4.90 Å². The van der Waals surface area contributed by atoms with E-state index in [-0.39, 0.29) is 11.9 Å². The van der Waals surface area contributed by atoms with Crippen molar-refractivity contribution in [1.29, 1.82) is 0 Å². The Morgan fingerprint density at radius 2 is 1.61 bits per heavy atom. The number of rotatable bonds is 3. The van der Waals surface area contributed by atoms with Crippen LogP contribution in [0, 0.1) is 23.6 Å². The largest absolute Gasteiger partial charge is 0.490 e. The van der Waals surface area contributed by atoms with Crippen molar-refractivity contribution in [2.24, 2.45) is 17.8 Å². The van der Waals surface area contributed by atoms with Gasteiger partial charge < -0.3 is 9.64 Å². The third kappa shape index (κ3) is 3.08. The number of nitrogens with zero attached hydrogens (tertiary/aromatic N) is 1. The molecule has 4 rings (SSSR count). The van der Waals surface area contributed by atoms with Crippen LogP contribution in [0.25, 0.3) is 0 Å². The summed E-state index contributed by atoms with van der Waals surface area (Å²) in [5.74, 6) is 2.55. The van der Waals surface area contributed by atoms with Crippen molar-refractivity contribution in [1.82, 2.24) is 4.90 Å². The molecule has 1 aromatic carbocycles. The van der Waals surface area contributed by atoms with Crippen LogP contribution in [-0.2, 0) is 4.79 Å². The lowest BCUT2D eigenvalue weighted by Gasteiger charge is -2.32. The van der Waals surface area contributed by atoms with Crippen LogP contribution in [-0.4, -0.2) is 30.0 Å². The molecule has 0 radical (unpaired) electrons. The summed E-state index contributed by atoms with van der Waals surface area (Å²) < 4.78 is 18.8. The molecule has 0 spiro atoms. The number of benzene rings is 1. The smallest absolute Gasteiger partial charge is 0.226 e. The number of likely N-dealkylation sites (tertiary alicyclic amines) is 1. The van der Waals surface area contributed by atoms with Crippen molar-refractivity contribution in [3.05, 3.63) is 30.1 Å². The number of piperidine rings is 1. The first-order valence-electron chi connectivity index (χ1n) is 8.93. The summed E-state index contributed by atoms with van der Waals surface area (Å²) in [7, 11) is 0. The van der Waals surface area contributed by atoms with Crippen molar-refractivity contribution >= 4 is 5.91 Å². The van der Waals surface area contributed by atoms with Crippen LogP contribution in [0.5, 0.6) is 5.75 Å². The summed E-state index contributed by atoms with van der Waals surface area (Å²) >= 11 is 0. The van der Waals surface area contributed by atoms with E-state index >= 15 is 0 Å². The number of fused-ring (bicyclic) bond motifs is 1. The Morgan fingerprint density at radius 3 is 2.22 bits per heavy atom. The van der Waals surface area contributed by atoms with E-state index in [2.05, 4.69) is 0 Å². The van der Waals surface area contributed by atoms with Gasteiger partial charge in [-0.3, -0.25) is 4.79 Å². The zero-order valence-electron chi connectivity index (χ0n) is 13.4. The van der Waals surface area contributed by atoms with E-state index in [1.54, 1.807) is 12.1 Å². The quantitative estimate of drug-likeness (QED) is 0.852. The molecule has 1 amide bonds. The van der Waals surface area contributed by atoms with Crippen molar-refractivity contribution in [2.45, 2.75) is 44.6 Å². The van der Waals surface area contributed by atoms with Gasteiger partial charge in [0, 0.05) is 31.8 Å². The molecule has 0 N–H and O–H groups in total. The molecular weight excluding hydrogens is 293 g/mol. The number of hydrogen-bond acceptors (Lipinski definition) is 2. The SMILES string of the molecule is O=C(C1[C@H]2CCCC[C@@H]12)N1CCC(Oc2ccc(F)cc2)CC1. The Kier molecular flexibility index (Phi) is 4.00. The highest BCUT2D eigenvalue weighted by atomic mass is 19.1. The lowest BCUT2D eigenvalue weighted by molar-refractivity contribution is -0.135. The summed E-state index contributed by atoms with van der Waals surface area (Å²) in [5.41, 5.74) is 0. The molecule has 1 aliphatic heterocycles. The van der Waals surface area contributed by atoms with Gasteiger partial charge in [0.2, 0.25) is 5.91 Å². The first-order chi connectivity index (χ1) is 11.2. The number of halogens is 1. The maximum atomic E-state index is 12.9. The molecule has 2 saturated carbocycles. The Balaban J connectivity index is 1.27. The van der Waals surface area contributed by atoms with Crippen LogP contribution in [0.1, 0.15) is 38.5 Å². The van der Waals surface area contributed by atoms with Crippen LogP contribution in [0.15, 0.2) is 24.3 Å². The first kappa shape index (κ1) is 15.0. The topological polar surface area (TPSA) is 29.5 Å². The molecule has 4 heteroatoms. The Bertz CT molecular complexity index is 553. The lowest BCUT2D eigenvalue weighted by atomic mass is 10.0. The molecule has 1 saturated heterocycles. The number of ether oxygens (including phenoxy) is 1. The maximum Gasteiger partial charge on any atom is 0.226 e. The first-order valence-corrected chi connectivity index (χ1v) is 8.93. The molecule has 1 aromatic rings. The number of carbonyl (C=O) groups excluding carboxylic acids is 1. The number of hydrogen-bond donors (Lipinski definition) is 0. The minimum absolute atomic E-state index is 0.131. The van der Waals surface area contributed by atoms with E-state index < -0.39 is 0 Å². The zero-order chi connectivity index (χ0) is 15.8. The van der Waals surface area contributed by atoms with Crippen molar-refractivity contribution in [3.8, 4) is 5.75 Å². The summed E-state index contributed by atoms with van der Waals surface area (Å²) in [4.78, 5) is 14.7. The highest BCUT2D eigenvalue weighted by Crippen LogP contribution is 2.56. The molecule has 0 bridgehead atoms. The molecule has 3 fully saturated rings. The Morgan fingerprint density at radius 1 is 1.00 bits per heavy atom. The van der Waals surface area contributed by atoms with E-state index in [4.69, 9.17) is 4.74 Å². The van der Waals surface area contributed by atoms with Gasteiger partial charge in [-0.1, -0.05) is 12.8 Å². The van der Waals surface area contributed by atoms with E-state index in [9.17, 15) is 9.18 Å². The molecule has 1 heterocycles. The standard InChI is InChI=1S/C19H24FNO2/c20-13-5-7-14(8-6-13)23-15-9-11-21(12-10-15)19(22)18-16-3-1-2-4-17(16)18/h5-8,15-18H,1-4,9-12H2/t16-,17+,18?. The molecule has 3 atom stereocenters. The normalized spacial score (nSPS) is 30.7. The molecule has 3 nitrogen and oxygen atoms in total. The predicted molar refractivity (Wildman–Crippen MR) is 85.6 cm³/mol. The molecule has 3 aliphatic rings. The van der Waals surface area contributed by atoms with Gasteiger partial charge in [-0.05, 0) is 48.9 Å². The highest BCUT2D eigenvalue weighted by molar-refractivity contribution is 5.82. The fourth-order valence-corrected chi connectivity index (χ4v) is 4.47. The second kappa shape index (κ2) is 6.14. The van der Waals surface area contributed by atoms with Crippen LogP contribution >= 0.6 is 0 Å². The molecule has 0 aromatic heterocycles. The van der Waals surface area contributed by atoms with Gasteiger partial charge in [-0.25, -0.2) is 4.39 Å². The van der Waals surface area contributed by atoms with Gasteiger partial charge in [-0.2, -0.15) is 0 Å². The Labute approximate surface area is 136 Å².